The molecule has 0 aliphatic heterocycles. The summed E-state index contributed by atoms with van der Waals surface area (Å²) < 4.78 is 19.4. The van der Waals surface area contributed by atoms with Gasteiger partial charge in [0, 0.05) is 12.6 Å². The topological polar surface area (TPSA) is 21.3 Å². The maximum Gasteiger partial charge on any atom is 0.141 e. The number of hydrogen-bond acceptors (Lipinski definition) is 2. The first-order valence-corrected chi connectivity index (χ1v) is 8.22. The largest absolute Gasteiger partial charge is 0.374 e. The van der Waals surface area contributed by atoms with Crippen molar-refractivity contribution < 1.29 is 9.13 Å². The molecule has 0 aliphatic rings. The lowest BCUT2D eigenvalue weighted by atomic mass is 9.84. The second kappa shape index (κ2) is 8.72. The molecule has 120 valence electrons. The Hall–Kier alpha value is -0.640. The normalized spacial score (nSPS) is 13.4. The maximum absolute atomic E-state index is 13.3. The molecular weight excluding hydrogens is 289 g/mol. The Morgan fingerprint density at radius 3 is 2.38 bits per heavy atom. The van der Waals surface area contributed by atoms with Gasteiger partial charge in [-0.25, -0.2) is 4.39 Å². The molecule has 0 radical (unpaired) electrons. The molecule has 1 aromatic carbocycles. The molecular formula is C17H27ClFNO. The van der Waals surface area contributed by atoms with E-state index in [-0.39, 0.29) is 22.5 Å². The van der Waals surface area contributed by atoms with Gasteiger partial charge in [-0.15, -0.1) is 0 Å². The van der Waals surface area contributed by atoms with Crippen molar-refractivity contribution in [1.82, 2.24) is 5.32 Å². The quantitative estimate of drug-likeness (QED) is 0.719. The number of hydrogen-bond donors (Lipinski definition) is 1. The van der Waals surface area contributed by atoms with E-state index in [4.69, 9.17) is 16.3 Å². The number of likely N-dealkylation sites (N-methyl/N-ethyl adjacent to an activating group) is 1. The number of nitrogens with one attached hydrogen (secondary N) is 1. The fourth-order valence-corrected chi connectivity index (χ4v) is 3.13. The monoisotopic (exact) mass is 315 g/mol. The zero-order valence-electron chi connectivity index (χ0n) is 13.5. The molecule has 0 amide bonds. The van der Waals surface area contributed by atoms with Crippen molar-refractivity contribution in [3.63, 3.8) is 0 Å². The summed E-state index contributed by atoms with van der Waals surface area (Å²) >= 11 is 5.89. The highest BCUT2D eigenvalue weighted by molar-refractivity contribution is 6.30. The number of ether oxygens (including phenoxy) is 1. The van der Waals surface area contributed by atoms with Crippen LogP contribution < -0.4 is 5.32 Å². The van der Waals surface area contributed by atoms with Crippen molar-refractivity contribution in [2.24, 2.45) is 0 Å². The highest BCUT2D eigenvalue weighted by Crippen LogP contribution is 2.28. The first-order valence-electron chi connectivity index (χ1n) is 7.84. The molecule has 1 rings (SSSR count). The average molecular weight is 316 g/mol. The van der Waals surface area contributed by atoms with Crippen molar-refractivity contribution >= 4 is 11.6 Å². The minimum absolute atomic E-state index is 0.178. The molecule has 0 aromatic heterocycles. The summed E-state index contributed by atoms with van der Waals surface area (Å²) in [5, 5.41) is 3.71. The van der Waals surface area contributed by atoms with Crippen LogP contribution in [0, 0.1) is 5.82 Å². The molecule has 1 aromatic rings. The number of benzene rings is 1. The van der Waals surface area contributed by atoms with E-state index in [1.807, 2.05) is 6.92 Å². The van der Waals surface area contributed by atoms with E-state index in [0.717, 1.165) is 31.4 Å². The summed E-state index contributed by atoms with van der Waals surface area (Å²) in [6, 6.07) is 5.12. The van der Waals surface area contributed by atoms with E-state index in [1.165, 1.54) is 6.07 Å². The zero-order chi connectivity index (χ0) is 15.9. The third-order valence-electron chi connectivity index (χ3n) is 4.14. The highest BCUT2D eigenvalue weighted by atomic mass is 35.5. The summed E-state index contributed by atoms with van der Waals surface area (Å²) in [4.78, 5) is 0. The summed E-state index contributed by atoms with van der Waals surface area (Å²) in [7, 11) is 0. The smallest absolute Gasteiger partial charge is 0.141 e. The molecule has 1 unspecified atom stereocenters. The van der Waals surface area contributed by atoms with E-state index in [2.05, 4.69) is 26.1 Å². The SMILES string of the molecule is CCNC(Cc1ccc(F)c(Cl)c1)C(CC)(CC)OCC. The van der Waals surface area contributed by atoms with Gasteiger partial charge >= 0.3 is 0 Å². The summed E-state index contributed by atoms with van der Waals surface area (Å²) in [6.07, 6.45) is 2.64. The second-order valence-electron chi connectivity index (χ2n) is 5.27. The Labute approximate surface area is 133 Å². The van der Waals surface area contributed by atoms with Crippen LogP contribution in [0.1, 0.15) is 46.1 Å². The Morgan fingerprint density at radius 1 is 1.24 bits per heavy atom. The summed E-state index contributed by atoms with van der Waals surface area (Å²) in [6.45, 7) is 9.98. The van der Waals surface area contributed by atoms with Gasteiger partial charge in [-0.3, -0.25) is 0 Å². The lowest BCUT2D eigenvalue weighted by molar-refractivity contribution is -0.0715. The molecule has 21 heavy (non-hydrogen) atoms. The van der Waals surface area contributed by atoms with E-state index in [0.29, 0.717) is 6.61 Å². The van der Waals surface area contributed by atoms with Gasteiger partial charge in [-0.05, 0) is 50.4 Å². The zero-order valence-corrected chi connectivity index (χ0v) is 14.3. The van der Waals surface area contributed by atoms with Crippen molar-refractivity contribution in [1.29, 1.82) is 0 Å². The fourth-order valence-electron chi connectivity index (χ4n) is 2.93. The highest BCUT2D eigenvalue weighted by Gasteiger charge is 2.36. The van der Waals surface area contributed by atoms with Crippen LogP contribution in [-0.2, 0) is 11.2 Å². The van der Waals surface area contributed by atoms with Crippen molar-refractivity contribution in [3.8, 4) is 0 Å². The summed E-state index contributed by atoms with van der Waals surface area (Å²) in [5.41, 5.74) is 0.823. The number of halogens is 2. The minimum Gasteiger partial charge on any atom is -0.374 e. The molecule has 2 nitrogen and oxygen atoms in total. The van der Waals surface area contributed by atoms with Crippen LogP contribution in [-0.4, -0.2) is 24.8 Å². The first-order chi connectivity index (χ1) is 10.0. The summed E-state index contributed by atoms with van der Waals surface area (Å²) in [5.74, 6) is -0.373. The first kappa shape index (κ1) is 18.4. The molecule has 0 spiro atoms. The predicted molar refractivity (Wildman–Crippen MR) is 87.5 cm³/mol. The third kappa shape index (κ3) is 4.67. The molecule has 0 saturated carbocycles. The average Bonchev–Trinajstić information content (AvgIpc) is 2.48. The molecule has 1 atom stereocenters. The lowest BCUT2D eigenvalue weighted by Crippen LogP contribution is -2.53. The second-order valence-corrected chi connectivity index (χ2v) is 5.67. The Kier molecular flexibility index (Phi) is 7.64. The molecule has 4 heteroatoms. The Bertz CT molecular complexity index is 435. The van der Waals surface area contributed by atoms with Crippen LogP contribution in [0.5, 0.6) is 0 Å². The van der Waals surface area contributed by atoms with Gasteiger partial charge in [-0.2, -0.15) is 0 Å². The maximum atomic E-state index is 13.3. The van der Waals surface area contributed by atoms with Crippen LogP contribution in [0.25, 0.3) is 0 Å². The molecule has 0 bridgehead atoms. The van der Waals surface area contributed by atoms with Gasteiger partial charge in [0.2, 0.25) is 0 Å². The fraction of sp³-hybridized carbons (Fsp3) is 0.647. The molecule has 0 fully saturated rings. The van der Waals surface area contributed by atoms with Crippen LogP contribution in [0.4, 0.5) is 4.39 Å². The molecule has 0 aliphatic carbocycles. The third-order valence-corrected chi connectivity index (χ3v) is 4.43. The van der Waals surface area contributed by atoms with Crippen LogP contribution in [0.3, 0.4) is 0 Å². The van der Waals surface area contributed by atoms with E-state index < -0.39 is 0 Å². The van der Waals surface area contributed by atoms with Gasteiger partial charge in [0.05, 0.1) is 10.6 Å². The standard InChI is InChI=1S/C17H27ClFNO/c1-5-17(6-2,21-8-4)16(20-7-3)12-13-9-10-15(19)14(18)11-13/h9-11,16,20H,5-8,12H2,1-4H3. The Balaban J connectivity index is 3.01. The number of rotatable bonds is 9. The van der Waals surface area contributed by atoms with Crippen molar-refractivity contribution in [2.45, 2.75) is 58.6 Å². The van der Waals surface area contributed by atoms with Gasteiger partial charge in [0.25, 0.3) is 0 Å². The molecule has 0 saturated heterocycles. The molecule has 1 N–H and O–H groups in total. The van der Waals surface area contributed by atoms with Gasteiger partial charge in [0.1, 0.15) is 5.82 Å². The van der Waals surface area contributed by atoms with Gasteiger partial charge in [0.15, 0.2) is 0 Å². The van der Waals surface area contributed by atoms with Crippen LogP contribution >= 0.6 is 11.6 Å². The van der Waals surface area contributed by atoms with E-state index in [1.54, 1.807) is 12.1 Å². The lowest BCUT2D eigenvalue weighted by Gasteiger charge is -2.40. The van der Waals surface area contributed by atoms with Crippen molar-refractivity contribution in [2.75, 3.05) is 13.2 Å². The van der Waals surface area contributed by atoms with Crippen LogP contribution in [0.2, 0.25) is 5.02 Å². The molecule has 0 heterocycles. The van der Waals surface area contributed by atoms with Gasteiger partial charge < -0.3 is 10.1 Å². The van der Waals surface area contributed by atoms with E-state index in [9.17, 15) is 4.39 Å². The van der Waals surface area contributed by atoms with Crippen molar-refractivity contribution in [3.05, 3.63) is 34.6 Å². The Morgan fingerprint density at radius 2 is 1.90 bits per heavy atom. The predicted octanol–water partition coefficient (Wildman–Crippen LogP) is 4.60. The van der Waals surface area contributed by atoms with E-state index >= 15 is 0 Å². The van der Waals surface area contributed by atoms with Crippen LogP contribution in [0.15, 0.2) is 18.2 Å². The minimum atomic E-state index is -0.373. The van der Waals surface area contributed by atoms with Gasteiger partial charge in [-0.1, -0.05) is 38.4 Å².